The Bertz CT molecular complexity index is 999. The molecule has 1 amide bonds. The maximum Gasteiger partial charge on any atom is 0.253 e. The van der Waals surface area contributed by atoms with Crippen LogP contribution in [0.5, 0.6) is 5.75 Å². The summed E-state index contributed by atoms with van der Waals surface area (Å²) in [6, 6.07) is 16.2. The number of ether oxygens (including phenoxy) is 1. The average molecular weight is 458 g/mol. The zero-order chi connectivity index (χ0) is 22.4. The third-order valence-corrected chi connectivity index (χ3v) is 8.01. The molecule has 2 aromatic rings. The molecule has 0 N–H and O–H groups in total. The highest BCUT2D eigenvalue weighted by Crippen LogP contribution is 2.22. The number of rotatable bonds is 7. The van der Waals surface area contributed by atoms with Gasteiger partial charge in [-0.3, -0.25) is 9.69 Å². The Morgan fingerprint density at radius 2 is 1.56 bits per heavy atom. The molecule has 4 rings (SSSR count). The van der Waals surface area contributed by atoms with Crippen LogP contribution in [-0.2, 0) is 10.0 Å². The predicted molar refractivity (Wildman–Crippen MR) is 123 cm³/mol. The molecule has 0 aromatic heterocycles. The second-order valence-corrected chi connectivity index (χ2v) is 10.2. The topological polar surface area (TPSA) is 70.2 Å². The number of piperidine rings is 1. The van der Waals surface area contributed by atoms with Crippen molar-refractivity contribution in [2.75, 3.05) is 52.4 Å². The molecule has 2 aromatic carbocycles. The van der Waals surface area contributed by atoms with E-state index in [-0.39, 0.29) is 10.8 Å². The molecule has 2 heterocycles. The predicted octanol–water partition coefficient (Wildman–Crippen LogP) is 2.70. The van der Waals surface area contributed by atoms with Gasteiger partial charge in [0.2, 0.25) is 10.0 Å². The number of piperazine rings is 1. The molecule has 2 fully saturated rings. The first-order chi connectivity index (χ1) is 15.5. The van der Waals surface area contributed by atoms with Crippen LogP contribution in [-0.4, -0.2) is 80.9 Å². The normalized spacial score (nSPS) is 18.4. The fourth-order valence-electron chi connectivity index (χ4n) is 4.21. The van der Waals surface area contributed by atoms with Crippen molar-refractivity contribution in [2.24, 2.45) is 0 Å². The Morgan fingerprint density at radius 1 is 0.844 bits per heavy atom. The van der Waals surface area contributed by atoms with Crippen molar-refractivity contribution in [1.82, 2.24) is 14.1 Å². The lowest BCUT2D eigenvalue weighted by molar-refractivity contribution is 0.0620. The number of nitrogens with zero attached hydrogens (tertiary/aromatic N) is 3. The summed E-state index contributed by atoms with van der Waals surface area (Å²) < 4.78 is 33.2. The molecular formula is C24H31N3O4S. The highest BCUT2D eigenvalue weighted by molar-refractivity contribution is 7.89. The smallest absolute Gasteiger partial charge is 0.253 e. The van der Waals surface area contributed by atoms with Crippen LogP contribution in [0.1, 0.15) is 29.6 Å². The Balaban J connectivity index is 1.31. The summed E-state index contributed by atoms with van der Waals surface area (Å²) in [4.78, 5) is 17.3. The monoisotopic (exact) mass is 457 g/mol. The van der Waals surface area contributed by atoms with E-state index in [0.717, 1.165) is 44.6 Å². The van der Waals surface area contributed by atoms with E-state index in [1.54, 1.807) is 23.1 Å². The van der Waals surface area contributed by atoms with Gasteiger partial charge in [0.05, 0.1) is 4.90 Å². The van der Waals surface area contributed by atoms with Crippen LogP contribution in [0.4, 0.5) is 0 Å². The third-order valence-electron chi connectivity index (χ3n) is 6.11. The van der Waals surface area contributed by atoms with Gasteiger partial charge in [-0.2, -0.15) is 4.31 Å². The molecule has 2 aliphatic rings. The molecular weight excluding hydrogens is 426 g/mol. The summed E-state index contributed by atoms with van der Waals surface area (Å²) >= 11 is 0. The third kappa shape index (κ3) is 5.49. The molecule has 2 saturated heterocycles. The number of carbonyl (C=O) groups is 1. The van der Waals surface area contributed by atoms with Crippen molar-refractivity contribution in [3.8, 4) is 5.75 Å². The standard InChI is InChI=1S/C24H31N3O4S/c28-24(21-8-7-11-23(20-21)32(29,30)27-12-5-2-6-13-27)26-16-14-25(15-17-26)18-19-31-22-9-3-1-4-10-22/h1,3-4,7-11,20H,2,5-6,12-19H2. The highest BCUT2D eigenvalue weighted by Gasteiger charge is 2.28. The summed E-state index contributed by atoms with van der Waals surface area (Å²) in [5, 5.41) is 0. The number of amides is 1. The van der Waals surface area contributed by atoms with Crippen molar-refractivity contribution < 1.29 is 17.9 Å². The Labute approximate surface area is 190 Å². The lowest BCUT2D eigenvalue weighted by Crippen LogP contribution is -2.49. The van der Waals surface area contributed by atoms with Crippen LogP contribution in [0.15, 0.2) is 59.5 Å². The summed E-state index contributed by atoms with van der Waals surface area (Å²) in [7, 11) is -3.55. The molecule has 172 valence electrons. The largest absolute Gasteiger partial charge is 0.492 e. The van der Waals surface area contributed by atoms with Crippen LogP contribution in [0.3, 0.4) is 0 Å². The maximum absolute atomic E-state index is 13.0. The molecule has 32 heavy (non-hydrogen) atoms. The quantitative estimate of drug-likeness (QED) is 0.639. The molecule has 0 saturated carbocycles. The first-order valence-electron chi connectivity index (χ1n) is 11.3. The minimum absolute atomic E-state index is 0.110. The summed E-state index contributed by atoms with van der Waals surface area (Å²) in [5.74, 6) is 0.751. The van der Waals surface area contributed by atoms with Gasteiger partial charge >= 0.3 is 0 Å². The van der Waals surface area contributed by atoms with Crippen LogP contribution in [0.2, 0.25) is 0 Å². The number of sulfonamides is 1. The van der Waals surface area contributed by atoms with Gasteiger partial charge in [0.25, 0.3) is 5.91 Å². The molecule has 0 radical (unpaired) electrons. The van der Waals surface area contributed by atoms with E-state index in [1.165, 1.54) is 10.4 Å². The molecule has 0 spiro atoms. The van der Waals surface area contributed by atoms with Gasteiger partial charge in [0.1, 0.15) is 12.4 Å². The average Bonchev–Trinajstić information content (AvgIpc) is 2.85. The van der Waals surface area contributed by atoms with E-state index < -0.39 is 10.0 Å². The van der Waals surface area contributed by atoms with E-state index in [1.807, 2.05) is 30.3 Å². The zero-order valence-corrected chi connectivity index (χ0v) is 19.2. The van der Waals surface area contributed by atoms with Gasteiger partial charge in [-0.1, -0.05) is 30.7 Å². The number of hydrogen-bond acceptors (Lipinski definition) is 5. The Kier molecular flexibility index (Phi) is 7.44. The minimum Gasteiger partial charge on any atom is -0.492 e. The molecule has 0 bridgehead atoms. The van der Waals surface area contributed by atoms with Crippen LogP contribution in [0, 0.1) is 0 Å². The van der Waals surface area contributed by atoms with Crippen molar-refractivity contribution >= 4 is 15.9 Å². The van der Waals surface area contributed by atoms with Gasteiger partial charge in [-0.15, -0.1) is 0 Å². The van der Waals surface area contributed by atoms with E-state index in [4.69, 9.17) is 4.74 Å². The minimum atomic E-state index is -3.55. The molecule has 7 nitrogen and oxygen atoms in total. The second-order valence-electron chi connectivity index (χ2n) is 8.29. The maximum atomic E-state index is 13.0. The fourth-order valence-corrected chi connectivity index (χ4v) is 5.77. The SMILES string of the molecule is O=C(c1cccc(S(=O)(=O)N2CCCCC2)c1)N1CCN(CCOc2ccccc2)CC1. The van der Waals surface area contributed by atoms with E-state index in [0.29, 0.717) is 38.3 Å². The Hall–Kier alpha value is -2.42. The zero-order valence-electron chi connectivity index (χ0n) is 18.4. The first-order valence-corrected chi connectivity index (χ1v) is 12.8. The van der Waals surface area contributed by atoms with Crippen molar-refractivity contribution in [3.63, 3.8) is 0 Å². The fraction of sp³-hybridized carbons (Fsp3) is 0.458. The lowest BCUT2D eigenvalue weighted by Gasteiger charge is -2.34. The lowest BCUT2D eigenvalue weighted by atomic mass is 10.2. The van der Waals surface area contributed by atoms with Crippen molar-refractivity contribution in [2.45, 2.75) is 24.2 Å². The van der Waals surface area contributed by atoms with Gasteiger partial charge in [-0.05, 0) is 43.2 Å². The van der Waals surface area contributed by atoms with Gasteiger partial charge < -0.3 is 9.64 Å². The number of hydrogen-bond donors (Lipinski definition) is 0. The second kappa shape index (κ2) is 10.5. The molecule has 2 aliphatic heterocycles. The van der Waals surface area contributed by atoms with Crippen molar-refractivity contribution in [1.29, 1.82) is 0 Å². The summed E-state index contributed by atoms with van der Waals surface area (Å²) in [6.45, 7) is 5.30. The summed E-state index contributed by atoms with van der Waals surface area (Å²) in [6.07, 6.45) is 2.84. The van der Waals surface area contributed by atoms with Crippen LogP contribution >= 0.6 is 0 Å². The van der Waals surface area contributed by atoms with Crippen LogP contribution < -0.4 is 4.74 Å². The number of para-hydroxylation sites is 1. The van der Waals surface area contributed by atoms with E-state index in [2.05, 4.69) is 4.90 Å². The van der Waals surface area contributed by atoms with Crippen LogP contribution in [0.25, 0.3) is 0 Å². The molecule has 0 aliphatic carbocycles. The number of benzene rings is 2. The van der Waals surface area contributed by atoms with Gasteiger partial charge in [-0.25, -0.2) is 8.42 Å². The van der Waals surface area contributed by atoms with E-state index in [9.17, 15) is 13.2 Å². The summed E-state index contributed by atoms with van der Waals surface area (Å²) in [5.41, 5.74) is 0.434. The van der Waals surface area contributed by atoms with Gasteiger partial charge in [0.15, 0.2) is 0 Å². The van der Waals surface area contributed by atoms with E-state index >= 15 is 0 Å². The Morgan fingerprint density at radius 3 is 2.28 bits per heavy atom. The molecule has 0 atom stereocenters. The molecule has 0 unspecified atom stereocenters. The van der Waals surface area contributed by atoms with Crippen molar-refractivity contribution in [3.05, 3.63) is 60.2 Å². The molecule has 8 heteroatoms. The first kappa shape index (κ1) is 22.8. The number of carbonyl (C=O) groups excluding carboxylic acids is 1. The highest BCUT2D eigenvalue weighted by atomic mass is 32.2. The van der Waals surface area contributed by atoms with Gasteiger partial charge in [0, 0.05) is 51.4 Å².